The molecule has 1 aromatic carbocycles. The second-order valence-corrected chi connectivity index (χ2v) is 9.02. The Morgan fingerprint density at radius 1 is 1.09 bits per heavy atom. The second kappa shape index (κ2) is 8.35. The smallest absolute Gasteiger partial charge is 0.255 e. The minimum atomic E-state index is -0.0119. The molecule has 3 N–H and O–H groups in total. The Labute approximate surface area is 191 Å². The lowest BCUT2D eigenvalue weighted by atomic mass is 9.90. The van der Waals surface area contributed by atoms with Crippen LogP contribution in [0.15, 0.2) is 47.7 Å². The van der Waals surface area contributed by atoms with Crippen molar-refractivity contribution in [1.82, 2.24) is 24.9 Å². The Morgan fingerprint density at radius 3 is 3.00 bits per heavy atom. The van der Waals surface area contributed by atoms with Gasteiger partial charge in [-0.1, -0.05) is 12.1 Å². The third-order valence-corrected chi connectivity index (χ3v) is 6.87. The van der Waals surface area contributed by atoms with Crippen LogP contribution in [0.25, 0.3) is 11.0 Å². The van der Waals surface area contributed by atoms with Crippen molar-refractivity contribution in [3.8, 4) is 0 Å². The van der Waals surface area contributed by atoms with Gasteiger partial charge in [0.05, 0.1) is 11.1 Å². The molecule has 0 saturated carbocycles. The molecule has 1 atom stereocenters. The summed E-state index contributed by atoms with van der Waals surface area (Å²) in [5, 5.41) is 4.40. The predicted molar refractivity (Wildman–Crippen MR) is 129 cm³/mol. The fourth-order valence-corrected chi connectivity index (χ4v) is 5.22. The molecule has 0 spiro atoms. The predicted octanol–water partition coefficient (Wildman–Crippen LogP) is 4.05. The van der Waals surface area contributed by atoms with Crippen LogP contribution in [0.4, 0.5) is 17.5 Å². The molecule has 1 fully saturated rings. The Kier molecular flexibility index (Phi) is 5.05. The highest BCUT2D eigenvalue weighted by Crippen LogP contribution is 2.33. The average molecular weight is 442 g/mol. The molecular formula is C25H27N7O. The van der Waals surface area contributed by atoms with Gasteiger partial charge >= 0.3 is 0 Å². The van der Waals surface area contributed by atoms with Gasteiger partial charge in [0, 0.05) is 36.5 Å². The highest BCUT2D eigenvalue weighted by atomic mass is 16.1. The fourth-order valence-electron chi connectivity index (χ4n) is 5.22. The first-order valence-electron chi connectivity index (χ1n) is 11.8. The van der Waals surface area contributed by atoms with Gasteiger partial charge < -0.3 is 15.2 Å². The van der Waals surface area contributed by atoms with Crippen molar-refractivity contribution < 1.29 is 0 Å². The molecule has 1 unspecified atom stereocenters. The van der Waals surface area contributed by atoms with E-state index in [2.05, 4.69) is 48.4 Å². The van der Waals surface area contributed by atoms with Gasteiger partial charge in [0.2, 0.25) is 5.95 Å². The molecule has 3 aromatic heterocycles. The molecule has 4 aromatic rings. The summed E-state index contributed by atoms with van der Waals surface area (Å²) in [7, 11) is 0. The monoisotopic (exact) mass is 441 g/mol. The molecule has 8 nitrogen and oxygen atoms in total. The number of aryl methyl sites for hydroxylation is 1. The van der Waals surface area contributed by atoms with Crippen LogP contribution in [0, 0.1) is 0 Å². The van der Waals surface area contributed by atoms with Gasteiger partial charge in [-0.2, -0.15) is 0 Å². The summed E-state index contributed by atoms with van der Waals surface area (Å²) in [6.07, 6.45) is 9.66. The fraction of sp³-hybridized carbons (Fsp3) is 0.360. The van der Waals surface area contributed by atoms with Gasteiger partial charge in [-0.3, -0.25) is 9.78 Å². The average Bonchev–Trinajstić information content (AvgIpc) is 3.34. The zero-order valence-electron chi connectivity index (χ0n) is 18.5. The van der Waals surface area contributed by atoms with E-state index >= 15 is 0 Å². The molecule has 33 heavy (non-hydrogen) atoms. The highest BCUT2D eigenvalue weighted by Gasteiger charge is 2.24. The van der Waals surface area contributed by atoms with Gasteiger partial charge in [-0.05, 0) is 62.3 Å². The van der Waals surface area contributed by atoms with E-state index in [1.165, 1.54) is 5.56 Å². The van der Waals surface area contributed by atoms with E-state index in [1.807, 2.05) is 18.3 Å². The number of anilines is 3. The number of aromatic amines is 2. The van der Waals surface area contributed by atoms with Crippen molar-refractivity contribution >= 4 is 28.5 Å². The molecular weight excluding hydrogens is 414 g/mol. The molecule has 2 aliphatic rings. The van der Waals surface area contributed by atoms with E-state index in [0.29, 0.717) is 11.9 Å². The summed E-state index contributed by atoms with van der Waals surface area (Å²) >= 11 is 0. The van der Waals surface area contributed by atoms with Crippen molar-refractivity contribution in [2.24, 2.45) is 0 Å². The number of hydrogen-bond donors (Lipinski definition) is 3. The zero-order valence-corrected chi connectivity index (χ0v) is 18.5. The molecule has 4 heterocycles. The van der Waals surface area contributed by atoms with Crippen LogP contribution in [0.3, 0.4) is 0 Å². The van der Waals surface area contributed by atoms with E-state index in [0.717, 1.165) is 85.4 Å². The number of aromatic nitrogens is 5. The number of piperidine rings is 1. The minimum absolute atomic E-state index is 0.0119. The number of rotatable bonds is 4. The Morgan fingerprint density at radius 2 is 2.03 bits per heavy atom. The molecule has 168 valence electrons. The third-order valence-electron chi connectivity index (χ3n) is 6.87. The largest absolute Gasteiger partial charge is 0.355 e. The first kappa shape index (κ1) is 20.0. The minimum Gasteiger partial charge on any atom is -0.355 e. The van der Waals surface area contributed by atoms with Gasteiger partial charge in [-0.15, -0.1) is 0 Å². The quantitative estimate of drug-likeness (QED) is 0.442. The number of nitrogens with one attached hydrogen (secondary N) is 3. The maximum atomic E-state index is 12.5. The summed E-state index contributed by atoms with van der Waals surface area (Å²) in [6, 6.07) is 10.5. The second-order valence-electron chi connectivity index (χ2n) is 9.02. The first-order valence-corrected chi connectivity index (χ1v) is 11.8. The Balaban J connectivity index is 1.23. The third kappa shape index (κ3) is 3.86. The zero-order chi connectivity index (χ0) is 22.2. The van der Waals surface area contributed by atoms with Crippen LogP contribution in [0.1, 0.15) is 48.4 Å². The van der Waals surface area contributed by atoms with Crippen LogP contribution in [-0.4, -0.2) is 38.0 Å². The van der Waals surface area contributed by atoms with E-state index in [9.17, 15) is 4.79 Å². The first-order chi connectivity index (χ1) is 16.2. The van der Waals surface area contributed by atoms with Gasteiger partial charge in [0.15, 0.2) is 0 Å². The van der Waals surface area contributed by atoms with E-state index in [-0.39, 0.29) is 5.56 Å². The summed E-state index contributed by atoms with van der Waals surface area (Å²) in [5.74, 6) is 1.93. The standard InChI is InChI=1S/C25H27N7O/c33-24-19-8-1-2-9-21(19)30-25(31-24)29-18-7-3-5-16(13-18)17-6-4-12-32(14-17)23-20-10-11-26-22(20)27-15-28-23/h3,5,7,10-11,13,15,17H,1-2,4,6,8-9,12,14H2,(H,26,27,28)(H2,29,30,31,33). The van der Waals surface area contributed by atoms with Crippen LogP contribution in [0.5, 0.6) is 0 Å². The maximum absolute atomic E-state index is 12.5. The van der Waals surface area contributed by atoms with Crippen LogP contribution < -0.4 is 15.8 Å². The lowest BCUT2D eigenvalue weighted by molar-refractivity contribution is 0.508. The molecule has 6 rings (SSSR count). The van der Waals surface area contributed by atoms with Crippen LogP contribution in [-0.2, 0) is 12.8 Å². The topological polar surface area (TPSA) is 103 Å². The van der Waals surface area contributed by atoms with Crippen molar-refractivity contribution in [3.63, 3.8) is 0 Å². The maximum Gasteiger partial charge on any atom is 0.255 e. The molecule has 1 aliphatic heterocycles. The Hall–Kier alpha value is -3.68. The summed E-state index contributed by atoms with van der Waals surface area (Å²) in [5.41, 5.74) is 4.88. The Bertz CT molecular complexity index is 1360. The SMILES string of the molecule is O=c1[nH]c(Nc2cccc(C3CCCN(c4ncnc5[nH]ccc45)C3)c2)nc2c1CCCC2. The van der Waals surface area contributed by atoms with E-state index in [1.54, 1.807) is 6.33 Å². The van der Waals surface area contributed by atoms with Crippen molar-refractivity contribution in [2.45, 2.75) is 44.4 Å². The van der Waals surface area contributed by atoms with E-state index in [4.69, 9.17) is 4.98 Å². The lowest BCUT2D eigenvalue weighted by Crippen LogP contribution is -2.35. The summed E-state index contributed by atoms with van der Waals surface area (Å²) < 4.78 is 0. The molecule has 0 amide bonds. The van der Waals surface area contributed by atoms with Crippen molar-refractivity contribution in [1.29, 1.82) is 0 Å². The van der Waals surface area contributed by atoms with Gasteiger partial charge in [-0.25, -0.2) is 15.0 Å². The molecule has 1 saturated heterocycles. The van der Waals surface area contributed by atoms with Crippen LogP contribution in [0.2, 0.25) is 0 Å². The molecule has 1 aliphatic carbocycles. The van der Waals surface area contributed by atoms with Crippen molar-refractivity contribution in [2.75, 3.05) is 23.3 Å². The number of fused-ring (bicyclic) bond motifs is 2. The summed E-state index contributed by atoms with van der Waals surface area (Å²) in [6.45, 7) is 1.90. The summed E-state index contributed by atoms with van der Waals surface area (Å²) in [4.78, 5) is 34.6. The lowest BCUT2D eigenvalue weighted by Gasteiger charge is -2.34. The molecule has 0 bridgehead atoms. The van der Waals surface area contributed by atoms with Crippen molar-refractivity contribution in [3.05, 3.63) is 70.0 Å². The number of nitrogens with zero attached hydrogens (tertiary/aromatic N) is 4. The van der Waals surface area contributed by atoms with Gasteiger partial charge in [0.1, 0.15) is 17.8 Å². The number of H-pyrrole nitrogens is 2. The normalized spacial score (nSPS) is 18.3. The number of benzene rings is 1. The molecule has 8 heteroatoms. The van der Waals surface area contributed by atoms with Crippen LogP contribution >= 0.6 is 0 Å². The van der Waals surface area contributed by atoms with Gasteiger partial charge in [0.25, 0.3) is 5.56 Å². The molecule has 0 radical (unpaired) electrons. The number of hydrogen-bond acceptors (Lipinski definition) is 6. The highest BCUT2D eigenvalue weighted by molar-refractivity contribution is 5.87. The van der Waals surface area contributed by atoms with E-state index < -0.39 is 0 Å².